The van der Waals surface area contributed by atoms with E-state index in [1.165, 1.54) is 61.9 Å². The monoisotopic (exact) mass is 321 g/mol. The zero-order valence-corrected chi connectivity index (χ0v) is 15.2. The van der Waals surface area contributed by atoms with E-state index >= 15 is 0 Å². The Kier molecular flexibility index (Phi) is 5.55. The topological polar surface area (TPSA) is 9.72 Å². The van der Waals surface area contributed by atoms with Crippen LogP contribution in [0.3, 0.4) is 0 Å². The largest absolute Gasteiger partial charge is 0.304 e. The molecule has 0 N–H and O–H groups in total. The van der Waals surface area contributed by atoms with E-state index < -0.39 is 0 Å². The quantitative estimate of drug-likeness (QED) is 0.844. The summed E-state index contributed by atoms with van der Waals surface area (Å²) in [6.45, 7) is 13.4. The summed E-state index contributed by atoms with van der Waals surface area (Å²) in [5.74, 6) is 0.893. The van der Waals surface area contributed by atoms with Crippen LogP contribution in [0, 0.1) is 12.8 Å². The van der Waals surface area contributed by atoms with Gasteiger partial charge in [-0.2, -0.15) is 0 Å². The Balaban J connectivity index is 1.45. The van der Waals surface area contributed by atoms with Gasteiger partial charge in [-0.25, -0.2) is 0 Å². The van der Waals surface area contributed by atoms with Crippen LogP contribution in [0.4, 0.5) is 0 Å². The van der Waals surface area contributed by atoms with Crippen LogP contribution < -0.4 is 0 Å². The van der Waals surface area contributed by atoms with Crippen molar-refractivity contribution in [1.29, 1.82) is 0 Å². The van der Waals surface area contributed by atoms with Crippen molar-refractivity contribution in [2.75, 3.05) is 46.3 Å². The molecule has 0 aliphatic carbocycles. The Hall–Kier alpha value is -0.420. The molecule has 2 saturated heterocycles. The number of hydrogen-bond donors (Lipinski definition) is 0. The van der Waals surface area contributed by atoms with Crippen molar-refractivity contribution >= 4 is 11.3 Å². The molecule has 3 rings (SSSR count). The highest BCUT2D eigenvalue weighted by atomic mass is 32.1. The van der Waals surface area contributed by atoms with Gasteiger partial charge in [0, 0.05) is 48.5 Å². The van der Waals surface area contributed by atoms with E-state index in [-0.39, 0.29) is 0 Å². The summed E-state index contributed by atoms with van der Waals surface area (Å²) in [5, 5.41) is 0. The van der Waals surface area contributed by atoms with Gasteiger partial charge in [-0.1, -0.05) is 0 Å². The Labute approximate surface area is 139 Å². The molecule has 1 aromatic rings. The highest BCUT2D eigenvalue weighted by Gasteiger charge is 2.29. The lowest BCUT2D eigenvalue weighted by atomic mass is 9.89. The Morgan fingerprint density at radius 1 is 1.09 bits per heavy atom. The van der Waals surface area contributed by atoms with Gasteiger partial charge in [-0.05, 0) is 64.9 Å². The van der Waals surface area contributed by atoms with Crippen molar-refractivity contribution in [2.45, 2.75) is 39.3 Å². The fraction of sp³-hybridized carbons (Fsp3) is 0.778. The lowest BCUT2D eigenvalue weighted by Gasteiger charge is -2.42. The smallest absolute Gasteiger partial charge is 0.0328 e. The fourth-order valence-electron chi connectivity index (χ4n) is 3.91. The Morgan fingerprint density at radius 2 is 1.77 bits per heavy atom. The Bertz CT molecular complexity index is 457. The molecule has 4 heteroatoms. The molecule has 1 aromatic heterocycles. The van der Waals surface area contributed by atoms with Crippen molar-refractivity contribution in [1.82, 2.24) is 14.7 Å². The van der Waals surface area contributed by atoms with Crippen LogP contribution in [-0.4, -0.2) is 67.1 Å². The lowest BCUT2D eigenvalue weighted by Crippen LogP contribution is -2.51. The second-order valence-corrected chi connectivity index (χ2v) is 8.58. The summed E-state index contributed by atoms with van der Waals surface area (Å²) in [6.07, 6.45) is 2.75. The number of piperazine rings is 1. The minimum atomic E-state index is 0.764. The van der Waals surface area contributed by atoms with Crippen LogP contribution in [-0.2, 0) is 6.54 Å². The molecule has 3 heterocycles. The SMILES string of the molecule is Cc1ccc(CN2CCC([C@H](C)N3CCN(C)CC3)CC2)s1. The molecule has 22 heavy (non-hydrogen) atoms. The fourth-order valence-corrected chi connectivity index (χ4v) is 4.84. The van der Waals surface area contributed by atoms with Crippen molar-refractivity contribution in [2.24, 2.45) is 5.92 Å². The minimum absolute atomic E-state index is 0.764. The van der Waals surface area contributed by atoms with Crippen molar-refractivity contribution in [3.05, 3.63) is 21.9 Å². The second kappa shape index (κ2) is 7.43. The van der Waals surface area contributed by atoms with Gasteiger partial charge >= 0.3 is 0 Å². The van der Waals surface area contributed by atoms with E-state index in [1.807, 2.05) is 11.3 Å². The first-order valence-electron chi connectivity index (χ1n) is 8.82. The molecule has 2 fully saturated rings. The van der Waals surface area contributed by atoms with Gasteiger partial charge in [-0.15, -0.1) is 11.3 Å². The number of nitrogens with zero attached hydrogens (tertiary/aromatic N) is 3. The first-order chi connectivity index (χ1) is 10.6. The van der Waals surface area contributed by atoms with Gasteiger partial charge in [0.1, 0.15) is 0 Å². The summed E-state index contributed by atoms with van der Waals surface area (Å²) < 4.78 is 0. The summed E-state index contributed by atoms with van der Waals surface area (Å²) in [5.41, 5.74) is 0. The molecule has 0 unspecified atom stereocenters. The van der Waals surface area contributed by atoms with Gasteiger partial charge in [0.05, 0.1) is 0 Å². The molecule has 2 aliphatic heterocycles. The number of likely N-dealkylation sites (tertiary alicyclic amines) is 1. The van der Waals surface area contributed by atoms with E-state index in [0.29, 0.717) is 0 Å². The van der Waals surface area contributed by atoms with E-state index in [4.69, 9.17) is 0 Å². The minimum Gasteiger partial charge on any atom is -0.304 e. The first-order valence-corrected chi connectivity index (χ1v) is 9.64. The molecule has 0 spiro atoms. The third kappa shape index (κ3) is 4.10. The van der Waals surface area contributed by atoms with E-state index in [9.17, 15) is 0 Å². The Morgan fingerprint density at radius 3 is 2.36 bits per heavy atom. The molecule has 2 aliphatic rings. The summed E-state index contributed by atoms with van der Waals surface area (Å²) >= 11 is 1.96. The standard InChI is InChI=1S/C18H31N3S/c1-15-4-5-18(22-15)14-20-8-6-17(7-9-20)16(2)21-12-10-19(3)11-13-21/h4-5,16-17H,6-14H2,1-3H3/t16-/m0/s1. The van der Waals surface area contributed by atoms with Crippen LogP contribution in [0.5, 0.6) is 0 Å². The van der Waals surface area contributed by atoms with Gasteiger partial charge in [0.15, 0.2) is 0 Å². The number of hydrogen-bond acceptors (Lipinski definition) is 4. The predicted octanol–water partition coefficient (Wildman–Crippen LogP) is 2.90. The van der Waals surface area contributed by atoms with Crippen molar-refractivity contribution < 1.29 is 0 Å². The van der Waals surface area contributed by atoms with E-state index in [0.717, 1.165) is 18.5 Å². The summed E-state index contributed by atoms with van der Waals surface area (Å²) in [7, 11) is 2.24. The molecule has 3 nitrogen and oxygen atoms in total. The number of aryl methyl sites for hydroxylation is 1. The number of piperidine rings is 1. The van der Waals surface area contributed by atoms with Gasteiger partial charge in [-0.3, -0.25) is 9.80 Å². The molecular weight excluding hydrogens is 290 g/mol. The average molecular weight is 322 g/mol. The maximum Gasteiger partial charge on any atom is 0.0328 e. The van der Waals surface area contributed by atoms with E-state index in [1.54, 1.807) is 0 Å². The van der Waals surface area contributed by atoms with Crippen LogP contribution >= 0.6 is 11.3 Å². The average Bonchev–Trinajstić information content (AvgIpc) is 2.93. The van der Waals surface area contributed by atoms with Gasteiger partial charge < -0.3 is 4.90 Å². The number of likely N-dealkylation sites (N-methyl/N-ethyl adjacent to an activating group) is 1. The third-order valence-electron chi connectivity index (χ3n) is 5.60. The van der Waals surface area contributed by atoms with Crippen molar-refractivity contribution in [3.8, 4) is 0 Å². The van der Waals surface area contributed by atoms with E-state index in [2.05, 4.69) is 47.7 Å². The van der Waals surface area contributed by atoms with Gasteiger partial charge in [0.2, 0.25) is 0 Å². The molecule has 0 aromatic carbocycles. The van der Waals surface area contributed by atoms with Crippen molar-refractivity contribution in [3.63, 3.8) is 0 Å². The highest BCUT2D eigenvalue weighted by molar-refractivity contribution is 7.11. The zero-order chi connectivity index (χ0) is 15.5. The maximum atomic E-state index is 2.73. The first kappa shape index (κ1) is 16.4. The molecule has 1 atom stereocenters. The zero-order valence-electron chi connectivity index (χ0n) is 14.4. The summed E-state index contributed by atoms with van der Waals surface area (Å²) in [4.78, 5) is 10.8. The van der Waals surface area contributed by atoms with Crippen LogP contribution in [0.1, 0.15) is 29.5 Å². The maximum absolute atomic E-state index is 2.73. The predicted molar refractivity (Wildman–Crippen MR) is 95.6 cm³/mol. The molecule has 124 valence electrons. The van der Waals surface area contributed by atoms with Crippen LogP contribution in [0.25, 0.3) is 0 Å². The second-order valence-electron chi connectivity index (χ2n) is 7.21. The van der Waals surface area contributed by atoms with Crippen LogP contribution in [0.15, 0.2) is 12.1 Å². The molecule has 0 amide bonds. The third-order valence-corrected chi connectivity index (χ3v) is 6.59. The summed E-state index contributed by atoms with van der Waals surface area (Å²) in [6, 6.07) is 5.32. The number of rotatable bonds is 4. The molecule has 0 saturated carbocycles. The molecule has 0 radical (unpaired) electrons. The molecule has 0 bridgehead atoms. The normalized spacial score (nSPS) is 24.7. The van der Waals surface area contributed by atoms with Crippen LogP contribution in [0.2, 0.25) is 0 Å². The lowest BCUT2D eigenvalue weighted by molar-refractivity contribution is 0.0600. The number of thiophene rings is 1. The molecular formula is C18H31N3S. The highest BCUT2D eigenvalue weighted by Crippen LogP contribution is 2.26. The van der Waals surface area contributed by atoms with Gasteiger partial charge in [0.25, 0.3) is 0 Å².